The maximum Gasteiger partial charge on any atom is 0.233 e. The first-order chi connectivity index (χ1) is 16.2. The Morgan fingerprint density at radius 1 is 1.00 bits per heavy atom. The van der Waals surface area contributed by atoms with Gasteiger partial charge in [-0.3, -0.25) is 4.79 Å². The van der Waals surface area contributed by atoms with Gasteiger partial charge in [-0.25, -0.2) is 9.97 Å². The van der Waals surface area contributed by atoms with Gasteiger partial charge < -0.3 is 9.80 Å². The van der Waals surface area contributed by atoms with Crippen LogP contribution in [-0.4, -0.2) is 46.2 Å². The summed E-state index contributed by atoms with van der Waals surface area (Å²) in [7, 11) is 0. The van der Waals surface area contributed by atoms with Crippen molar-refractivity contribution in [1.29, 1.82) is 0 Å². The van der Waals surface area contributed by atoms with Crippen LogP contribution in [0.3, 0.4) is 0 Å². The fourth-order valence-corrected chi connectivity index (χ4v) is 5.02. The zero-order chi connectivity index (χ0) is 22.9. The Kier molecular flexibility index (Phi) is 8.36. The van der Waals surface area contributed by atoms with Gasteiger partial charge in [0.1, 0.15) is 5.82 Å². The second kappa shape index (κ2) is 11.8. The number of hydrogen-bond donors (Lipinski definition) is 0. The Balaban J connectivity index is 1.27. The molecule has 1 aliphatic rings. The summed E-state index contributed by atoms with van der Waals surface area (Å²) in [5.74, 6) is 2.15. The van der Waals surface area contributed by atoms with Gasteiger partial charge in [-0.15, -0.1) is 0 Å². The minimum Gasteiger partial charge on any atom is -0.356 e. The molecular formula is C27H32N4OS. The zero-order valence-electron chi connectivity index (χ0n) is 19.3. The van der Waals surface area contributed by atoms with Crippen molar-refractivity contribution in [3.8, 4) is 0 Å². The number of piperidine rings is 1. The van der Waals surface area contributed by atoms with Crippen LogP contribution in [0.5, 0.6) is 0 Å². The molecule has 0 unspecified atom stereocenters. The largest absolute Gasteiger partial charge is 0.356 e. The molecule has 0 bridgehead atoms. The van der Waals surface area contributed by atoms with Crippen LogP contribution in [0.2, 0.25) is 0 Å². The van der Waals surface area contributed by atoms with E-state index in [4.69, 9.17) is 4.98 Å². The lowest BCUT2D eigenvalue weighted by Gasteiger charge is -2.33. The molecule has 0 spiro atoms. The molecule has 1 aliphatic heterocycles. The van der Waals surface area contributed by atoms with Crippen molar-refractivity contribution in [3.63, 3.8) is 0 Å². The third-order valence-corrected chi connectivity index (χ3v) is 7.05. The summed E-state index contributed by atoms with van der Waals surface area (Å²) >= 11 is 1.42. The number of hydrogen-bond acceptors (Lipinski definition) is 5. The Hall–Kier alpha value is -2.86. The number of amides is 1. The summed E-state index contributed by atoms with van der Waals surface area (Å²) in [5, 5.41) is 0.669. The zero-order valence-corrected chi connectivity index (χ0v) is 20.1. The van der Waals surface area contributed by atoms with Crippen molar-refractivity contribution in [3.05, 3.63) is 84.1 Å². The van der Waals surface area contributed by atoms with Crippen LogP contribution in [0.15, 0.2) is 78.1 Å². The SMILES string of the molecule is CCN(Cc1ccccc1)C(=O)CSc1nccc(N2CCC(Cc3ccccc3)CC2)n1. The van der Waals surface area contributed by atoms with Crippen molar-refractivity contribution in [1.82, 2.24) is 14.9 Å². The predicted octanol–water partition coefficient (Wildman–Crippen LogP) is 5.08. The van der Waals surface area contributed by atoms with Crippen molar-refractivity contribution >= 4 is 23.5 Å². The molecule has 2 aromatic carbocycles. The summed E-state index contributed by atoms with van der Waals surface area (Å²) in [5.41, 5.74) is 2.57. The summed E-state index contributed by atoms with van der Waals surface area (Å²) < 4.78 is 0. The molecule has 5 nitrogen and oxygen atoms in total. The molecule has 0 N–H and O–H groups in total. The highest BCUT2D eigenvalue weighted by molar-refractivity contribution is 7.99. The minimum absolute atomic E-state index is 0.113. The highest BCUT2D eigenvalue weighted by Gasteiger charge is 2.21. The third kappa shape index (κ3) is 6.81. The van der Waals surface area contributed by atoms with Crippen molar-refractivity contribution in [2.24, 2.45) is 5.92 Å². The summed E-state index contributed by atoms with van der Waals surface area (Å²) in [4.78, 5) is 26.1. The average Bonchev–Trinajstić information content (AvgIpc) is 2.88. The van der Waals surface area contributed by atoms with Crippen LogP contribution in [0.25, 0.3) is 0 Å². The maximum absolute atomic E-state index is 12.8. The topological polar surface area (TPSA) is 49.3 Å². The Bertz CT molecular complexity index is 1010. The molecule has 0 saturated carbocycles. The van der Waals surface area contributed by atoms with E-state index in [1.807, 2.05) is 42.3 Å². The van der Waals surface area contributed by atoms with E-state index in [1.54, 1.807) is 0 Å². The van der Waals surface area contributed by atoms with Crippen molar-refractivity contribution in [2.75, 3.05) is 30.3 Å². The summed E-state index contributed by atoms with van der Waals surface area (Å²) in [6, 6.07) is 22.9. The number of nitrogens with zero attached hydrogens (tertiary/aromatic N) is 4. The van der Waals surface area contributed by atoms with Gasteiger partial charge in [0.05, 0.1) is 5.75 Å². The van der Waals surface area contributed by atoms with Gasteiger partial charge in [-0.05, 0) is 49.3 Å². The van der Waals surface area contributed by atoms with E-state index in [0.29, 0.717) is 24.0 Å². The molecule has 3 aromatic rings. The van der Waals surface area contributed by atoms with E-state index in [9.17, 15) is 4.79 Å². The molecule has 6 heteroatoms. The maximum atomic E-state index is 12.8. The van der Waals surface area contributed by atoms with Crippen LogP contribution in [0.1, 0.15) is 30.9 Å². The normalized spacial score (nSPS) is 14.3. The van der Waals surface area contributed by atoms with Gasteiger partial charge in [0.2, 0.25) is 5.91 Å². The molecule has 4 rings (SSSR count). The van der Waals surface area contributed by atoms with E-state index >= 15 is 0 Å². The van der Waals surface area contributed by atoms with Crippen LogP contribution < -0.4 is 4.90 Å². The number of carbonyl (C=O) groups excluding carboxylic acids is 1. The molecule has 1 fully saturated rings. The molecule has 1 aromatic heterocycles. The van der Waals surface area contributed by atoms with Gasteiger partial charge in [-0.1, -0.05) is 72.4 Å². The number of benzene rings is 2. The van der Waals surface area contributed by atoms with Gasteiger partial charge in [0.15, 0.2) is 5.16 Å². The molecule has 172 valence electrons. The number of carbonyl (C=O) groups is 1. The van der Waals surface area contributed by atoms with Crippen LogP contribution >= 0.6 is 11.8 Å². The predicted molar refractivity (Wildman–Crippen MR) is 135 cm³/mol. The fraction of sp³-hybridized carbons (Fsp3) is 0.370. The Morgan fingerprint density at radius 2 is 1.67 bits per heavy atom. The van der Waals surface area contributed by atoms with Gasteiger partial charge in [-0.2, -0.15) is 0 Å². The van der Waals surface area contributed by atoms with Crippen LogP contribution in [0, 0.1) is 5.92 Å². The van der Waals surface area contributed by atoms with E-state index < -0.39 is 0 Å². The van der Waals surface area contributed by atoms with Gasteiger partial charge in [0.25, 0.3) is 0 Å². The van der Waals surface area contributed by atoms with Crippen LogP contribution in [0.4, 0.5) is 5.82 Å². The van der Waals surface area contributed by atoms with E-state index in [1.165, 1.54) is 30.2 Å². The first-order valence-corrected chi connectivity index (χ1v) is 12.8. The summed E-state index contributed by atoms with van der Waals surface area (Å²) in [6.45, 7) is 5.36. The number of thioether (sulfide) groups is 1. The summed E-state index contributed by atoms with van der Waals surface area (Å²) in [6.07, 6.45) is 5.31. The molecule has 0 atom stereocenters. The quantitative estimate of drug-likeness (QED) is 0.329. The highest BCUT2D eigenvalue weighted by atomic mass is 32.2. The molecular weight excluding hydrogens is 428 g/mol. The van der Waals surface area contributed by atoms with Crippen LogP contribution in [-0.2, 0) is 17.8 Å². The first-order valence-electron chi connectivity index (χ1n) is 11.8. The number of rotatable bonds is 9. The van der Waals surface area contributed by atoms with Gasteiger partial charge >= 0.3 is 0 Å². The highest BCUT2D eigenvalue weighted by Crippen LogP contribution is 2.26. The molecule has 33 heavy (non-hydrogen) atoms. The van der Waals surface area contributed by atoms with E-state index in [0.717, 1.165) is 36.8 Å². The second-order valence-electron chi connectivity index (χ2n) is 8.50. The fourth-order valence-electron chi connectivity index (χ4n) is 4.29. The minimum atomic E-state index is 0.113. The molecule has 1 saturated heterocycles. The van der Waals surface area contributed by atoms with E-state index in [2.05, 4.69) is 52.3 Å². The lowest BCUT2D eigenvalue weighted by Crippen LogP contribution is -2.35. The Morgan fingerprint density at radius 3 is 2.33 bits per heavy atom. The average molecular weight is 461 g/mol. The molecule has 2 heterocycles. The lowest BCUT2D eigenvalue weighted by atomic mass is 9.90. The molecule has 0 aliphatic carbocycles. The molecule has 1 amide bonds. The van der Waals surface area contributed by atoms with Crippen molar-refractivity contribution < 1.29 is 4.79 Å². The molecule has 0 radical (unpaired) electrons. The standard InChI is InChI=1S/C27H32N4OS/c1-2-30(20-24-11-7-4-8-12-24)26(32)21-33-27-28-16-13-25(29-27)31-17-14-23(15-18-31)19-22-9-5-3-6-10-22/h3-13,16,23H,2,14-15,17-21H2,1H3. The number of anilines is 1. The van der Waals surface area contributed by atoms with Gasteiger partial charge in [0, 0.05) is 32.4 Å². The monoisotopic (exact) mass is 460 g/mol. The van der Waals surface area contributed by atoms with Crippen molar-refractivity contribution in [2.45, 2.75) is 37.9 Å². The first kappa shape index (κ1) is 23.3. The number of aromatic nitrogens is 2. The lowest BCUT2D eigenvalue weighted by molar-refractivity contribution is -0.128. The second-order valence-corrected chi connectivity index (χ2v) is 9.44. The Labute approximate surface area is 201 Å². The third-order valence-electron chi connectivity index (χ3n) is 6.20. The van der Waals surface area contributed by atoms with E-state index in [-0.39, 0.29) is 5.91 Å². The smallest absolute Gasteiger partial charge is 0.233 e.